The van der Waals surface area contributed by atoms with Crippen molar-refractivity contribution in [3.63, 3.8) is 0 Å². The van der Waals surface area contributed by atoms with Gasteiger partial charge < -0.3 is 15.0 Å². The molecule has 1 unspecified atom stereocenters. The SMILES string of the molecule is CC(O)(CNc1nccn(C2CC2)c1=O)c1cccc(Cl)c1. The van der Waals surface area contributed by atoms with Gasteiger partial charge in [0.05, 0.1) is 0 Å². The summed E-state index contributed by atoms with van der Waals surface area (Å²) >= 11 is 5.96. The Morgan fingerprint density at radius 2 is 2.27 bits per heavy atom. The second-order valence-corrected chi connectivity index (χ2v) is 6.29. The van der Waals surface area contributed by atoms with Gasteiger partial charge in [0, 0.05) is 30.0 Å². The minimum atomic E-state index is -1.15. The standard InChI is InChI=1S/C16H18ClN3O2/c1-16(22,11-3-2-4-12(17)9-11)10-19-14-15(21)20(8-7-18-14)13-5-6-13/h2-4,7-9,13,22H,5-6,10H2,1H3,(H,18,19). The minimum absolute atomic E-state index is 0.146. The summed E-state index contributed by atoms with van der Waals surface area (Å²) in [6.07, 6.45) is 5.38. The first-order valence-corrected chi connectivity index (χ1v) is 7.64. The Morgan fingerprint density at radius 3 is 2.95 bits per heavy atom. The number of nitrogens with one attached hydrogen (secondary N) is 1. The Balaban J connectivity index is 1.77. The molecule has 0 bridgehead atoms. The van der Waals surface area contributed by atoms with Crippen molar-refractivity contribution in [1.29, 1.82) is 0 Å². The van der Waals surface area contributed by atoms with E-state index in [1.807, 2.05) is 0 Å². The van der Waals surface area contributed by atoms with Crippen LogP contribution < -0.4 is 10.9 Å². The van der Waals surface area contributed by atoms with Crippen LogP contribution >= 0.6 is 11.6 Å². The van der Waals surface area contributed by atoms with E-state index in [9.17, 15) is 9.90 Å². The van der Waals surface area contributed by atoms with Gasteiger partial charge >= 0.3 is 0 Å². The van der Waals surface area contributed by atoms with Gasteiger partial charge in [0.25, 0.3) is 5.56 Å². The summed E-state index contributed by atoms with van der Waals surface area (Å²) in [5.41, 5.74) is -0.614. The first-order valence-electron chi connectivity index (χ1n) is 7.27. The number of anilines is 1. The Morgan fingerprint density at radius 1 is 1.50 bits per heavy atom. The molecule has 1 saturated carbocycles. The van der Waals surface area contributed by atoms with Crippen LogP contribution in [0.4, 0.5) is 5.82 Å². The summed E-state index contributed by atoms with van der Waals surface area (Å²) in [4.78, 5) is 16.4. The fourth-order valence-corrected chi connectivity index (χ4v) is 2.56. The first-order chi connectivity index (χ1) is 10.5. The molecule has 0 amide bonds. The highest BCUT2D eigenvalue weighted by Gasteiger charge is 2.27. The number of hydrogen-bond donors (Lipinski definition) is 2. The van der Waals surface area contributed by atoms with Crippen LogP contribution in [-0.2, 0) is 5.60 Å². The average Bonchev–Trinajstić information content (AvgIpc) is 3.31. The van der Waals surface area contributed by atoms with E-state index in [2.05, 4.69) is 10.3 Å². The molecule has 1 aromatic carbocycles. The fraction of sp³-hybridized carbons (Fsp3) is 0.375. The first kappa shape index (κ1) is 15.1. The van der Waals surface area contributed by atoms with Gasteiger partial charge in [-0.05, 0) is 37.5 Å². The lowest BCUT2D eigenvalue weighted by Gasteiger charge is -2.24. The third kappa shape index (κ3) is 3.15. The molecular formula is C16H18ClN3O2. The van der Waals surface area contributed by atoms with Gasteiger partial charge in [0.2, 0.25) is 0 Å². The van der Waals surface area contributed by atoms with Crippen LogP contribution in [0.25, 0.3) is 0 Å². The number of halogens is 1. The maximum Gasteiger partial charge on any atom is 0.293 e. The molecule has 0 spiro atoms. The van der Waals surface area contributed by atoms with E-state index in [-0.39, 0.29) is 17.9 Å². The zero-order chi connectivity index (χ0) is 15.7. The highest BCUT2D eigenvalue weighted by Crippen LogP contribution is 2.33. The van der Waals surface area contributed by atoms with E-state index in [0.717, 1.165) is 12.8 Å². The van der Waals surface area contributed by atoms with Crippen molar-refractivity contribution in [3.8, 4) is 0 Å². The molecule has 3 rings (SSSR count). The molecule has 2 aromatic rings. The second-order valence-electron chi connectivity index (χ2n) is 5.86. The molecule has 1 aliphatic rings. The van der Waals surface area contributed by atoms with Gasteiger partial charge in [-0.15, -0.1) is 0 Å². The molecule has 0 saturated heterocycles. The molecule has 0 radical (unpaired) electrons. The van der Waals surface area contributed by atoms with Crippen molar-refractivity contribution in [2.75, 3.05) is 11.9 Å². The van der Waals surface area contributed by atoms with Crippen molar-refractivity contribution >= 4 is 17.4 Å². The number of hydrogen-bond acceptors (Lipinski definition) is 4. The minimum Gasteiger partial charge on any atom is -0.384 e. The third-order valence-electron chi connectivity index (χ3n) is 3.85. The quantitative estimate of drug-likeness (QED) is 0.889. The summed E-state index contributed by atoms with van der Waals surface area (Å²) in [6.45, 7) is 1.85. The third-order valence-corrected chi connectivity index (χ3v) is 4.09. The van der Waals surface area contributed by atoms with Crippen LogP contribution in [0.2, 0.25) is 5.02 Å². The van der Waals surface area contributed by atoms with Crippen LogP contribution in [0.15, 0.2) is 41.5 Å². The van der Waals surface area contributed by atoms with Crippen LogP contribution in [0.3, 0.4) is 0 Å². The molecule has 1 aromatic heterocycles. The van der Waals surface area contributed by atoms with Crippen LogP contribution in [0.5, 0.6) is 0 Å². The number of aromatic nitrogens is 2. The molecular weight excluding hydrogens is 302 g/mol. The van der Waals surface area contributed by atoms with Gasteiger partial charge in [-0.2, -0.15) is 0 Å². The summed E-state index contributed by atoms with van der Waals surface area (Å²) in [5, 5.41) is 14.1. The smallest absolute Gasteiger partial charge is 0.293 e. The van der Waals surface area contributed by atoms with Crippen molar-refractivity contribution in [2.45, 2.75) is 31.4 Å². The normalized spacial score (nSPS) is 17.0. The lowest BCUT2D eigenvalue weighted by Crippen LogP contribution is -2.33. The fourth-order valence-electron chi connectivity index (χ4n) is 2.37. The monoisotopic (exact) mass is 319 g/mol. The molecule has 1 aliphatic carbocycles. The highest BCUT2D eigenvalue weighted by molar-refractivity contribution is 6.30. The molecule has 116 valence electrons. The van der Waals surface area contributed by atoms with E-state index in [1.54, 1.807) is 48.1 Å². The predicted molar refractivity (Wildman–Crippen MR) is 86.3 cm³/mol. The van der Waals surface area contributed by atoms with Crippen molar-refractivity contribution < 1.29 is 5.11 Å². The lowest BCUT2D eigenvalue weighted by atomic mass is 9.96. The highest BCUT2D eigenvalue weighted by atomic mass is 35.5. The van der Waals surface area contributed by atoms with E-state index in [4.69, 9.17) is 11.6 Å². The molecule has 22 heavy (non-hydrogen) atoms. The molecule has 1 heterocycles. The van der Waals surface area contributed by atoms with Gasteiger partial charge in [-0.3, -0.25) is 4.79 Å². The Bertz CT molecular complexity index is 738. The van der Waals surface area contributed by atoms with Crippen molar-refractivity contribution in [1.82, 2.24) is 9.55 Å². The molecule has 1 fully saturated rings. The van der Waals surface area contributed by atoms with E-state index >= 15 is 0 Å². The Hall–Kier alpha value is -1.85. The topological polar surface area (TPSA) is 67.2 Å². The number of benzene rings is 1. The lowest BCUT2D eigenvalue weighted by molar-refractivity contribution is 0.0714. The summed E-state index contributed by atoms with van der Waals surface area (Å²) in [5.74, 6) is 0.261. The Kier molecular flexibility index (Phi) is 3.93. The molecule has 2 N–H and O–H groups in total. The summed E-state index contributed by atoms with van der Waals surface area (Å²) < 4.78 is 1.70. The predicted octanol–water partition coefficient (Wildman–Crippen LogP) is 2.55. The number of rotatable bonds is 5. The van der Waals surface area contributed by atoms with E-state index in [0.29, 0.717) is 16.6 Å². The molecule has 5 nitrogen and oxygen atoms in total. The number of nitrogens with zero attached hydrogens (tertiary/aromatic N) is 2. The van der Waals surface area contributed by atoms with Gasteiger partial charge in [0.1, 0.15) is 5.60 Å². The zero-order valence-corrected chi connectivity index (χ0v) is 13.0. The maximum atomic E-state index is 12.3. The molecule has 0 aliphatic heterocycles. The van der Waals surface area contributed by atoms with Gasteiger partial charge in [-0.1, -0.05) is 23.7 Å². The maximum absolute atomic E-state index is 12.3. The van der Waals surface area contributed by atoms with Crippen molar-refractivity contribution in [2.24, 2.45) is 0 Å². The van der Waals surface area contributed by atoms with Crippen LogP contribution in [0, 0.1) is 0 Å². The molecule has 1 atom stereocenters. The Labute approximate surface area is 133 Å². The largest absolute Gasteiger partial charge is 0.384 e. The zero-order valence-electron chi connectivity index (χ0n) is 12.3. The van der Waals surface area contributed by atoms with Crippen LogP contribution in [-0.4, -0.2) is 21.2 Å². The number of aliphatic hydroxyl groups is 1. The van der Waals surface area contributed by atoms with Crippen molar-refractivity contribution in [3.05, 3.63) is 57.6 Å². The molecule has 6 heteroatoms. The second kappa shape index (κ2) is 5.74. The van der Waals surface area contributed by atoms with Gasteiger partial charge in [0.15, 0.2) is 5.82 Å². The van der Waals surface area contributed by atoms with Gasteiger partial charge in [-0.25, -0.2) is 4.98 Å². The van der Waals surface area contributed by atoms with E-state index in [1.165, 1.54) is 0 Å². The average molecular weight is 320 g/mol. The van der Waals surface area contributed by atoms with E-state index < -0.39 is 5.60 Å². The summed E-state index contributed by atoms with van der Waals surface area (Å²) in [7, 11) is 0. The van der Waals surface area contributed by atoms with Crippen LogP contribution in [0.1, 0.15) is 31.4 Å². The summed E-state index contributed by atoms with van der Waals surface area (Å²) in [6, 6.07) is 7.34.